The number of nitrogens with zero attached hydrogens (tertiary/aromatic N) is 1. The van der Waals surface area contributed by atoms with Crippen molar-refractivity contribution in [2.75, 3.05) is 0 Å². The van der Waals surface area contributed by atoms with Gasteiger partial charge in [-0.2, -0.15) is 0 Å². The van der Waals surface area contributed by atoms with E-state index in [1.807, 2.05) is 26.8 Å². The molecule has 0 atom stereocenters. The molecule has 0 aromatic heterocycles. The van der Waals surface area contributed by atoms with E-state index >= 15 is 0 Å². The first kappa shape index (κ1) is 19.6. The van der Waals surface area contributed by atoms with Crippen LogP contribution in [0, 0.1) is 20.8 Å². The van der Waals surface area contributed by atoms with Gasteiger partial charge in [0.2, 0.25) is 0 Å². The zero-order valence-corrected chi connectivity index (χ0v) is 16.9. The zero-order valence-electron chi connectivity index (χ0n) is 16.9. The van der Waals surface area contributed by atoms with E-state index in [0.29, 0.717) is 5.56 Å². The molecule has 2 aliphatic rings. The molecule has 5 heteroatoms. The van der Waals surface area contributed by atoms with E-state index in [0.717, 1.165) is 60.8 Å². The maximum Gasteiger partial charge on any atom is 0.325 e. The summed E-state index contributed by atoms with van der Waals surface area (Å²) in [6.07, 6.45) is 6.81. The second-order valence-corrected chi connectivity index (χ2v) is 8.22. The smallest absolute Gasteiger partial charge is 0.323 e. The number of imide groups is 1. The zero-order chi connectivity index (χ0) is 19.8. The highest BCUT2D eigenvalue weighted by molar-refractivity contribution is 6.07. The number of urea groups is 1. The lowest BCUT2D eigenvalue weighted by atomic mass is 9.84. The van der Waals surface area contributed by atoms with Gasteiger partial charge in [0.05, 0.1) is 6.54 Å². The summed E-state index contributed by atoms with van der Waals surface area (Å²) < 4.78 is 0. The van der Waals surface area contributed by atoms with Gasteiger partial charge in [-0.05, 0) is 62.8 Å². The number of benzene rings is 1. The van der Waals surface area contributed by atoms with E-state index in [9.17, 15) is 14.4 Å². The predicted octanol–water partition coefficient (Wildman–Crippen LogP) is 4.35. The van der Waals surface area contributed by atoms with Crippen molar-refractivity contribution in [3.8, 4) is 0 Å². The van der Waals surface area contributed by atoms with Crippen LogP contribution < -0.4 is 5.32 Å². The monoisotopic (exact) mass is 370 g/mol. The SMILES string of the molecule is CC(=O)c1c(C)cc(C)c(CN2C(=O)NC3(CCCCCCC3)C2=O)c1C. The van der Waals surface area contributed by atoms with E-state index in [2.05, 4.69) is 5.32 Å². The van der Waals surface area contributed by atoms with Gasteiger partial charge in [0.1, 0.15) is 5.54 Å². The van der Waals surface area contributed by atoms with Gasteiger partial charge in [-0.3, -0.25) is 14.5 Å². The van der Waals surface area contributed by atoms with Crippen LogP contribution in [-0.4, -0.2) is 28.2 Å². The highest BCUT2D eigenvalue weighted by Gasteiger charge is 2.50. The van der Waals surface area contributed by atoms with Gasteiger partial charge in [0.25, 0.3) is 5.91 Å². The van der Waals surface area contributed by atoms with Crippen LogP contribution in [0.5, 0.6) is 0 Å². The molecule has 0 bridgehead atoms. The number of rotatable bonds is 3. The lowest BCUT2D eigenvalue weighted by Crippen LogP contribution is -2.47. The Morgan fingerprint density at radius 2 is 1.63 bits per heavy atom. The van der Waals surface area contributed by atoms with Crippen molar-refractivity contribution < 1.29 is 14.4 Å². The van der Waals surface area contributed by atoms with Crippen molar-refractivity contribution in [2.45, 2.75) is 84.7 Å². The van der Waals surface area contributed by atoms with Crippen molar-refractivity contribution in [3.63, 3.8) is 0 Å². The summed E-state index contributed by atoms with van der Waals surface area (Å²) in [6.45, 7) is 7.60. The second-order valence-electron chi connectivity index (χ2n) is 8.22. The number of hydrogen-bond donors (Lipinski definition) is 1. The maximum absolute atomic E-state index is 13.2. The molecule has 1 aliphatic heterocycles. The van der Waals surface area contributed by atoms with E-state index < -0.39 is 5.54 Å². The minimum absolute atomic E-state index is 0.0138. The van der Waals surface area contributed by atoms with Crippen molar-refractivity contribution in [3.05, 3.63) is 33.9 Å². The largest absolute Gasteiger partial charge is 0.325 e. The molecular weight excluding hydrogens is 340 g/mol. The minimum Gasteiger partial charge on any atom is -0.323 e. The Hall–Kier alpha value is -2.17. The van der Waals surface area contributed by atoms with Crippen molar-refractivity contribution >= 4 is 17.7 Å². The summed E-state index contributed by atoms with van der Waals surface area (Å²) in [5.41, 5.74) is 3.69. The summed E-state index contributed by atoms with van der Waals surface area (Å²) in [5.74, 6) is -0.0851. The molecule has 146 valence electrons. The molecule has 27 heavy (non-hydrogen) atoms. The molecule has 3 amide bonds. The molecule has 5 nitrogen and oxygen atoms in total. The van der Waals surface area contributed by atoms with Crippen LogP contribution in [0.25, 0.3) is 0 Å². The quantitative estimate of drug-likeness (QED) is 0.635. The molecule has 3 rings (SSSR count). The molecule has 2 fully saturated rings. The number of carbonyl (C=O) groups excluding carboxylic acids is 3. The van der Waals surface area contributed by atoms with E-state index in [1.165, 1.54) is 11.3 Å². The third-order valence-corrected chi connectivity index (χ3v) is 6.25. The minimum atomic E-state index is -0.729. The fourth-order valence-electron chi connectivity index (χ4n) is 4.84. The van der Waals surface area contributed by atoms with Crippen molar-refractivity contribution in [1.82, 2.24) is 10.2 Å². The number of ketones is 1. The van der Waals surface area contributed by atoms with Crippen LogP contribution >= 0.6 is 0 Å². The van der Waals surface area contributed by atoms with E-state index in [4.69, 9.17) is 0 Å². The van der Waals surface area contributed by atoms with Crippen LogP contribution in [0.1, 0.15) is 84.5 Å². The number of nitrogens with one attached hydrogen (secondary N) is 1. The van der Waals surface area contributed by atoms with Crippen LogP contribution in [0.3, 0.4) is 0 Å². The van der Waals surface area contributed by atoms with Gasteiger partial charge in [-0.25, -0.2) is 4.79 Å². The molecule has 0 unspecified atom stereocenters. The first-order valence-corrected chi connectivity index (χ1v) is 10.0. The average Bonchev–Trinajstić information content (AvgIpc) is 2.78. The molecule has 1 N–H and O–H groups in total. The Bertz CT molecular complexity index is 789. The molecular formula is C22H30N2O3. The number of carbonyl (C=O) groups is 3. The molecule has 1 aliphatic carbocycles. The van der Waals surface area contributed by atoms with Gasteiger partial charge >= 0.3 is 6.03 Å². The topological polar surface area (TPSA) is 66.5 Å². The van der Waals surface area contributed by atoms with Crippen LogP contribution in [0.4, 0.5) is 4.79 Å². The predicted molar refractivity (Wildman–Crippen MR) is 105 cm³/mol. The highest BCUT2D eigenvalue weighted by atomic mass is 16.2. The molecule has 0 radical (unpaired) electrons. The van der Waals surface area contributed by atoms with Crippen LogP contribution in [0.2, 0.25) is 0 Å². The van der Waals surface area contributed by atoms with E-state index in [1.54, 1.807) is 6.92 Å². The Morgan fingerprint density at radius 3 is 2.22 bits per heavy atom. The second kappa shape index (κ2) is 7.45. The number of amides is 3. The third kappa shape index (κ3) is 3.52. The maximum atomic E-state index is 13.2. The number of Topliss-reactive ketones (excluding diaryl/α,β-unsaturated/α-hetero) is 1. The number of aryl methyl sites for hydroxylation is 2. The van der Waals surface area contributed by atoms with Gasteiger partial charge in [0.15, 0.2) is 5.78 Å². The summed E-state index contributed by atoms with van der Waals surface area (Å²) in [4.78, 5) is 39.4. The Kier molecular flexibility index (Phi) is 5.41. The fraction of sp³-hybridized carbons (Fsp3) is 0.591. The highest BCUT2D eigenvalue weighted by Crippen LogP contribution is 2.34. The van der Waals surface area contributed by atoms with Gasteiger partial charge in [-0.1, -0.05) is 38.2 Å². The number of hydrogen-bond acceptors (Lipinski definition) is 3. The Morgan fingerprint density at radius 1 is 1.04 bits per heavy atom. The summed E-state index contributed by atoms with van der Waals surface area (Å²) in [7, 11) is 0. The lowest BCUT2D eigenvalue weighted by molar-refractivity contribution is -0.132. The van der Waals surface area contributed by atoms with Gasteiger partial charge in [0, 0.05) is 5.56 Å². The van der Waals surface area contributed by atoms with Crippen molar-refractivity contribution in [2.24, 2.45) is 0 Å². The molecule has 1 heterocycles. The standard InChI is InChI=1S/C22H30N2O3/c1-14-12-15(2)19(17(4)25)16(3)18(14)13-24-20(26)22(23-21(24)27)10-8-6-5-7-9-11-22/h12H,5-11,13H2,1-4H3,(H,23,27). The molecule has 1 aromatic rings. The van der Waals surface area contributed by atoms with Gasteiger partial charge < -0.3 is 5.32 Å². The normalized spacial score (nSPS) is 19.8. The first-order valence-electron chi connectivity index (χ1n) is 10.0. The van der Waals surface area contributed by atoms with Gasteiger partial charge in [-0.15, -0.1) is 0 Å². The molecule has 1 saturated heterocycles. The summed E-state index contributed by atoms with van der Waals surface area (Å²) >= 11 is 0. The Balaban J connectivity index is 1.92. The third-order valence-electron chi connectivity index (χ3n) is 6.25. The molecule has 1 aromatic carbocycles. The lowest BCUT2D eigenvalue weighted by Gasteiger charge is -2.28. The fourth-order valence-corrected chi connectivity index (χ4v) is 4.84. The molecule has 1 spiro atoms. The summed E-state index contributed by atoms with van der Waals surface area (Å²) in [5, 5.41) is 3.02. The van der Waals surface area contributed by atoms with Crippen molar-refractivity contribution in [1.29, 1.82) is 0 Å². The Labute approximate surface area is 161 Å². The van der Waals surface area contributed by atoms with Crippen LogP contribution in [0.15, 0.2) is 6.07 Å². The first-order chi connectivity index (χ1) is 12.8. The van der Waals surface area contributed by atoms with E-state index in [-0.39, 0.29) is 24.3 Å². The average molecular weight is 370 g/mol. The molecule has 1 saturated carbocycles. The summed E-state index contributed by atoms with van der Waals surface area (Å²) in [6, 6.07) is 1.67. The van der Waals surface area contributed by atoms with Crippen LogP contribution in [-0.2, 0) is 11.3 Å².